The molecule has 3 heteroatoms. The maximum atomic E-state index is 2.78. The van der Waals surface area contributed by atoms with Crippen molar-refractivity contribution in [1.82, 2.24) is 0 Å². The number of nitrogens with zero attached hydrogens (tertiary/aromatic N) is 2. The van der Waals surface area contributed by atoms with Gasteiger partial charge in [-0.25, -0.2) is 0 Å². The summed E-state index contributed by atoms with van der Waals surface area (Å²) < 4.78 is 0. The zero-order valence-corrected chi connectivity index (χ0v) is 45.2. The van der Waals surface area contributed by atoms with E-state index in [9.17, 15) is 0 Å². The molecular weight excluding hydrogens is 832 g/mol. The third-order valence-corrected chi connectivity index (χ3v) is 19.3. The third-order valence-electron chi connectivity index (χ3n) is 19.3. The second-order valence-corrected chi connectivity index (χ2v) is 28.3. The number of hydrogen-bond acceptors (Lipinski definition) is 2. The molecule has 2 aliphatic heterocycles. The van der Waals surface area contributed by atoms with E-state index in [2.05, 4.69) is 225 Å². The van der Waals surface area contributed by atoms with Crippen LogP contribution < -0.4 is 26.2 Å². The molecule has 12 rings (SSSR count). The first kappa shape index (κ1) is 45.1. The van der Waals surface area contributed by atoms with Gasteiger partial charge in [0.25, 0.3) is 6.71 Å². The van der Waals surface area contributed by atoms with Gasteiger partial charge in [0.05, 0.1) is 5.69 Å². The number of rotatable bonds is 2. The van der Waals surface area contributed by atoms with Gasteiger partial charge in [-0.1, -0.05) is 172 Å². The zero-order chi connectivity index (χ0) is 49.1. The number of hydrogen-bond donors (Lipinski definition) is 0. The van der Waals surface area contributed by atoms with Crippen molar-refractivity contribution in [3.8, 4) is 11.1 Å². The lowest BCUT2D eigenvalue weighted by Crippen LogP contribution is -2.62. The Hall–Kier alpha value is -5.02. The van der Waals surface area contributed by atoms with Gasteiger partial charge in [0, 0.05) is 33.9 Å². The van der Waals surface area contributed by atoms with E-state index < -0.39 is 0 Å². The highest BCUT2D eigenvalue weighted by atomic mass is 15.2. The molecule has 4 aliphatic carbocycles. The van der Waals surface area contributed by atoms with E-state index >= 15 is 0 Å². The van der Waals surface area contributed by atoms with E-state index in [1.54, 1.807) is 0 Å². The van der Waals surface area contributed by atoms with E-state index in [1.807, 2.05) is 0 Å². The Morgan fingerprint density at radius 2 is 0.884 bits per heavy atom. The second-order valence-electron chi connectivity index (χ2n) is 28.3. The molecule has 0 saturated heterocycles. The topological polar surface area (TPSA) is 6.48 Å². The van der Waals surface area contributed by atoms with Gasteiger partial charge in [-0.2, -0.15) is 0 Å². The smallest absolute Gasteiger partial charge is 0.252 e. The molecule has 2 nitrogen and oxygen atoms in total. The summed E-state index contributed by atoms with van der Waals surface area (Å²) in [5.41, 5.74) is 28.5. The molecular formula is C66H77BN2. The van der Waals surface area contributed by atoms with Gasteiger partial charge in [-0.05, 0) is 190 Å². The SMILES string of the molecule is CC(C)(C)c1cc2c3c(c1)N(c1cccc4c1C(C)(C)c1ccccc1-4)c1cc4c(cc1B3c1cc3c(cc1N2c1ccc2c(c1)C(C)(C)CCC2(C)C)C(C)(C)CCC3(C)C)C(C)(C)CC4(C)C. The first-order valence-electron chi connectivity index (χ1n) is 26.6. The highest BCUT2D eigenvalue weighted by Crippen LogP contribution is 2.58. The van der Waals surface area contributed by atoms with Crippen molar-refractivity contribution >= 4 is 57.2 Å². The molecule has 6 aromatic carbocycles. The van der Waals surface area contributed by atoms with Crippen molar-refractivity contribution in [2.45, 2.75) is 193 Å². The molecule has 69 heavy (non-hydrogen) atoms. The van der Waals surface area contributed by atoms with Crippen LogP contribution >= 0.6 is 0 Å². The van der Waals surface area contributed by atoms with Crippen molar-refractivity contribution < 1.29 is 0 Å². The van der Waals surface area contributed by atoms with Crippen LogP contribution in [0.15, 0.2) is 97.1 Å². The lowest BCUT2D eigenvalue weighted by molar-refractivity contribution is 0.332. The molecule has 6 aromatic rings. The summed E-state index contributed by atoms with van der Waals surface area (Å²) in [4.78, 5) is 5.54. The van der Waals surface area contributed by atoms with Gasteiger partial charge in [-0.3, -0.25) is 0 Å². The van der Waals surface area contributed by atoms with Crippen LogP contribution in [-0.4, -0.2) is 6.71 Å². The molecule has 0 spiro atoms. The highest BCUT2D eigenvalue weighted by molar-refractivity contribution is 7.00. The van der Waals surface area contributed by atoms with E-state index in [1.165, 1.54) is 137 Å². The molecule has 2 heterocycles. The van der Waals surface area contributed by atoms with Crippen molar-refractivity contribution in [3.63, 3.8) is 0 Å². The maximum Gasteiger partial charge on any atom is 0.252 e. The van der Waals surface area contributed by atoms with E-state index in [0.717, 1.165) is 6.42 Å². The molecule has 6 aliphatic rings. The zero-order valence-electron chi connectivity index (χ0n) is 45.2. The monoisotopic (exact) mass is 909 g/mol. The predicted molar refractivity (Wildman–Crippen MR) is 298 cm³/mol. The van der Waals surface area contributed by atoms with E-state index in [0.29, 0.717) is 0 Å². The molecule has 0 saturated carbocycles. The van der Waals surface area contributed by atoms with Crippen LogP contribution in [-0.2, 0) is 43.3 Å². The van der Waals surface area contributed by atoms with Gasteiger partial charge >= 0.3 is 0 Å². The van der Waals surface area contributed by atoms with Crippen molar-refractivity contribution in [3.05, 3.63) is 147 Å². The van der Waals surface area contributed by atoms with Crippen LogP contribution in [0.25, 0.3) is 11.1 Å². The molecule has 0 bridgehead atoms. The quantitative estimate of drug-likeness (QED) is 0.160. The summed E-state index contributed by atoms with van der Waals surface area (Å²) in [6.45, 7) is 42.2. The molecule has 354 valence electrons. The van der Waals surface area contributed by atoms with E-state index in [4.69, 9.17) is 0 Å². The maximum absolute atomic E-state index is 2.78. The summed E-state index contributed by atoms with van der Waals surface area (Å²) in [6.07, 6.45) is 5.89. The fourth-order valence-electron chi connectivity index (χ4n) is 15.2. The average Bonchev–Trinajstić information content (AvgIpc) is 3.62. The van der Waals surface area contributed by atoms with Gasteiger partial charge in [0.15, 0.2) is 0 Å². The minimum Gasteiger partial charge on any atom is -0.311 e. The van der Waals surface area contributed by atoms with Crippen LogP contribution in [0.3, 0.4) is 0 Å². The third kappa shape index (κ3) is 6.16. The first-order valence-corrected chi connectivity index (χ1v) is 26.6. The Balaban J connectivity index is 1.25. The van der Waals surface area contributed by atoms with Gasteiger partial charge in [-0.15, -0.1) is 0 Å². The van der Waals surface area contributed by atoms with Gasteiger partial charge < -0.3 is 9.80 Å². The first-order chi connectivity index (χ1) is 32.1. The molecule has 0 fully saturated rings. The Morgan fingerprint density at radius 3 is 1.48 bits per heavy atom. The molecule has 0 aromatic heterocycles. The Kier molecular flexibility index (Phi) is 8.95. The van der Waals surface area contributed by atoms with Crippen molar-refractivity contribution in [2.75, 3.05) is 9.80 Å². The fourth-order valence-corrected chi connectivity index (χ4v) is 15.2. The summed E-state index contributed by atoms with van der Waals surface area (Å²) in [6, 6.07) is 40.1. The summed E-state index contributed by atoms with van der Waals surface area (Å²) in [7, 11) is 0. The van der Waals surface area contributed by atoms with Crippen LogP contribution in [0.2, 0.25) is 0 Å². The van der Waals surface area contributed by atoms with Gasteiger partial charge in [0.1, 0.15) is 0 Å². The van der Waals surface area contributed by atoms with Crippen LogP contribution in [0.1, 0.15) is 200 Å². The van der Waals surface area contributed by atoms with Crippen LogP contribution in [0.5, 0.6) is 0 Å². The average molecular weight is 909 g/mol. The highest BCUT2D eigenvalue weighted by Gasteiger charge is 2.51. The normalized spacial score (nSPS) is 21.6. The Morgan fingerprint density at radius 1 is 0.406 bits per heavy atom. The predicted octanol–water partition coefficient (Wildman–Crippen LogP) is 16.0. The minimum atomic E-state index is -0.195. The molecule has 0 radical (unpaired) electrons. The second kappa shape index (κ2) is 13.7. The largest absolute Gasteiger partial charge is 0.311 e. The summed E-state index contributed by atoms with van der Waals surface area (Å²) >= 11 is 0. The molecule has 0 unspecified atom stereocenters. The molecule has 0 amide bonds. The van der Waals surface area contributed by atoms with E-state index in [-0.39, 0.29) is 50.0 Å². The summed E-state index contributed by atoms with van der Waals surface area (Å²) in [5.74, 6) is 0. The fraction of sp³-hybridized carbons (Fsp3) is 0.455. The number of fused-ring (bicyclic) bond motifs is 10. The lowest BCUT2D eigenvalue weighted by Gasteiger charge is -2.49. The van der Waals surface area contributed by atoms with Gasteiger partial charge in [0.2, 0.25) is 0 Å². The number of benzene rings is 6. The van der Waals surface area contributed by atoms with Crippen LogP contribution in [0, 0.1) is 0 Å². The Labute approximate surface area is 416 Å². The van der Waals surface area contributed by atoms with Crippen molar-refractivity contribution in [1.29, 1.82) is 0 Å². The summed E-state index contributed by atoms with van der Waals surface area (Å²) in [5, 5.41) is 0. The molecule has 0 atom stereocenters. The lowest BCUT2D eigenvalue weighted by atomic mass is 9.32. The Bertz CT molecular complexity index is 3230. The minimum absolute atomic E-state index is 0.0388. The van der Waals surface area contributed by atoms with Crippen LogP contribution in [0.4, 0.5) is 34.1 Å². The number of anilines is 6. The standard InChI is InChI=1S/C66H77BN2/c1-59(2,3)39-31-55-58-56(32-39)69(52-24-20-22-42-41-21-18-19-23-43(41)66(16,17)57(42)52)54-37-49-47(64(12,13)38-65(49,14)15)35-51(54)67(58)50-34-46-48(63(10,11)30-29-62(46,8)9)36-53(50)68(55)40-25-26-44-45(33-40)61(6,7)28-27-60(44,4)5/h18-26,31-37H,27-30,38H2,1-17H3. The van der Waals surface area contributed by atoms with Crippen molar-refractivity contribution in [2.24, 2.45) is 0 Å². The molecule has 0 N–H and O–H groups in total.